The molecule has 1 unspecified atom stereocenters. The molecule has 0 saturated carbocycles. The number of piperazine rings is 1. The lowest BCUT2D eigenvalue weighted by molar-refractivity contribution is 0.342. The maximum Gasteiger partial charge on any atom is 0.243 e. The first-order valence-corrected chi connectivity index (χ1v) is 12.2. The number of sulfonamides is 1. The van der Waals surface area contributed by atoms with Crippen LogP contribution in [0, 0.1) is 6.92 Å². The maximum absolute atomic E-state index is 13.4. The van der Waals surface area contributed by atoms with Gasteiger partial charge in [0.1, 0.15) is 5.82 Å². The van der Waals surface area contributed by atoms with E-state index in [-0.39, 0.29) is 6.04 Å². The number of H-pyrrole nitrogens is 1. The van der Waals surface area contributed by atoms with Crippen LogP contribution in [0.4, 0.5) is 5.69 Å². The van der Waals surface area contributed by atoms with Gasteiger partial charge in [0.25, 0.3) is 0 Å². The number of aromatic amines is 1. The quantitative estimate of drug-likeness (QED) is 0.503. The molecule has 1 N–H and O–H groups in total. The lowest BCUT2D eigenvalue weighted by Gasteiger charge is -2.40. The lowest BCUT2D eigenvalue weighted by atomic mass is 10.1. The zero-order chi connectivity index (χ0) is 22.3. The van der Waals surface area contributed by atoms with Crippen LogP contribution in [0.5, 0.6) is 0 Å². The zero-order valence-corrected chi connectivity index (χ0v) is 19.0. The molecule has 7 heteroatoms. The minimum absolute atomic E-state index is 0.0850. The van der Waals surface area contributed by atoms with Gasteiger partial charge in [0.05, 0.1) is 15.9 Å². The first-order valence-electron chi connectivity index (χ1n) is 10.8. The van der Waals surface area contributed by atoms with Gasteiger partial charge >= 0.3 is 0 Å². The number of hydrogen-bond acceptors (Lipinski definition) is 4. The van der Waals surface area contributed by atoms with Crippen LogP contribution in [0.25, 0.3) is 22.4 Å². The Balaban J connectivity index is 1.39. The molecule has 4 aromatic rings. The van der Waals surface area contributed by atoms with Crippen molar-refractivity contribution < 1.29 is 8.42 Å². The fourth-order valence-corrected chi connectivity index (χ4v) is 5.83. The smallest absolute Gasteiger partial charge is 0.243 e. The summed E-state index contributed by atoms with van der Waals surface area (Å²) in [6.07, 6.45) is 0. The van der Waals surface area contributed by atoms with Crippen molar-refractivity contribution in [3.8, 4) is 11.4 Å². The summed E-state index contributed by atoms with van der Waals surface area (Å²) in [5.74, 6) is 0.732. The van der Waals surface area contributed by atoms with Crippen LogP contribution < -0.4 is 4.90 Å². The molecule has 0 bridgehead atoms. The van der Waals surface area contributed by atoms with Gasteiger partial charge < -0.3 is 9.88 Å². The molecule has 1 fully saturated rings. The number of hydrogen-bond donors (Lipinski definition) is 1. The summed E-state index contributed by atoms with van der Waals surface area (Å²) in [5.41, 5.74) is 4.78. The number of anilines is 1. The second-order valence-electron chi connectivity index (χ2n) is 8.37. The fraction of sp³-hybridized carbons (Fsp3) is 0.240. The second-order valence-corrected chi connectivity index (χ2v) is 10.3. The van der Waals surface area contributed by atoms with E-state index in [2.05, 4.69) is 53.0 Å². The van der Waals surface area contributed by atoms with Crippen molar-refractivity contribution in [1.29, 1.82) is 0 Å². The van der Waals surface area contributed by atoms with E-state index < -0.39 is 10.0 Å². The van der Waals surface area contributed by atoms with Gasteiger partial charge in [0.15, 0.2) is 0 Å². The third-order valence-electron chi connectivity index (χ3n) is 6.09. The molecule has 1 saturated heterocycles. The molecule has 164 valence electrons. The Morgan fingerprint density at radius 1 is 0.969 bits per heavy atom. The van der Waals surface area contributed by atoms with Crippen molar-refractivity contribution in [2.75, 3.05) is 24.5 Å². The molecule has 32 heavy (non-hydrogen) atoms. The van der Waals surface area contributed by atoms with E-state index in [1.165, 1.54) is 5.56 Å². The van der Waals surface area contributed by atoms with Gasteiger partial charge in [-0.3, -0.25) is 0 Å². The van der Waals surface area contributed by atoms with Gasteiger partial charge in [-0.1, -0.05) is 48.0 Å². The molecule has 0 aliphatic carbocycles. The molecule has 5 rings (SSSR count). The third-order valence-corrected chi connectivity index (χ3v) is 7.96. The standard InChI is InChI=1S/C25H26N4O2S/c1-18-8-10-21(11-9-18)29-15-14-28(17-19(29)2)32(30,31)22-12-13-23-24(16-22)27-25(26-23)20-6-4-3-5-7-20/h3-13,16,19H,14-15,17H2,1-2H3,(H,26,27). The van der Waals surface area contributed by atoms with E-state index in [1.54, 1.807) is 22.5 Å². The molecule has 6 nitrogen and oxygen atoms in total. The predicted octanol–water partition coefficient (Wildman–Crippen LogP) is 4.44. The molecule has 0 amide bonds. The van der Waals surface area contributed by atoms with Crippen LogP contribution in [0.3, 0.4) is 0 Å². The van der Waals surface area contributed by atoms with Gasteiger partial charge in [0.2, 0.25) is 10.0 Å². The summed E-state index contributed by atoms with van der Waals surface area (Å²) in [5, 5.41) is 0. The molecular weight excluding hydrogens is 420 g/mol. The molecule has 2 heterocycles. The molecule has 1 aliphatic rings. The topological polar surface area (TPSA) is 69.3 Å². The van der Waals surface area contributed by atoms with E-state index >= 15 is 0 Å². The first-order chi connectivity index (χ1) is 15.4. The summed E-state index contributed by atoms with van der Waals surface area (Å²) >= 11 is 0. The van der Waals surface area contributed by atoms with Gasteiger partial charge in [-0.15, -0.1) is 0 Å². The fourth-order valence-electron chi connectivity index (χ4n) is 4.29. The number of rotatable bonds is 4. The minimum atomic E-state index is -3.60. The number of benzene rings is 3. The highest BCUT2D eigenvalue weighted by Gasteiger charge is 2.32. The van der Waals surface area contributed by atoms with E-state index in [1.807, 2.05) is 30.3 Å². The first kappa shape index (κ1) is 20.7. The molecule has 0 radical (unpaired) electrons. The highest BCUT2D eigenvalue weighted by atomic mass is 32.2. The summed E-state index contributed by atoms with van der Waals surface area (Å²) < 4.78 is 28.4. The highest BCUT2D eigenvalue weighted by Crippen LogP contribution is 2.27. The van der Waals surface area contributed by atoms with Gasteiger partial charge in [0, 0.05) is 36.9 Å². The monoisotopic (exact) mass is 446 g/mol. The number of fused-ring (bicyclic) bond motifs is 1. The van der Waals surface area contributed by atoms with E-state index in [4.69, 9.17) is 0 Å². The molecular formula is C25H26N4O2S. The van der Waals surface area contributed by atoms with Crippen LogP contribution in [0.15, 0.2) is 77.7 Å². The van der Waals surface area contributed by atoms with E-state index in [9.17, 15) is 8.42 Å². The van der Waals surface area contributed by atoms with Crippen molar-refractivity contribution in [2.45, 2.75) is 24.8 Å². The van der Waals surface area contributed by atoms with Crippen LogP contribution >= 0.6 is 0 Å². The van der Waals surface area contributed by atoms with Gasteiger partial charge in [-0.2, -0.15) is 4.31 Å². The average Bonchev–Trinajstić information content (AvgIpc) is 3.24. The minimum Gasteiger partial charge on any atom is -0.366 e. The van der Waals surface area contributed by atoms with Crippen LogP contribution in [0.1, 0.15) is 12.5 Å². The number of nitrogens with one attached hydrogen (secondary N) is 1. The lowest BCUT2D eigenvalue weighted by Crippen LogP contribution is -2.53. The van der Waals surface area contributed by atoms with E-state index in [0.29, 0.717) is 24.5 Å². The van der Waals surface area contributed by atoms with Crippen molar-refractivity contribution in [1.82, 2.24) is 14.3 Å². The molecule has 0 spiro atoms. The Bertz CT molecular complexity index is 1350. The largest absolute Gasteiger partial charge is 0.366 e. The van der Waals surface area contributed by atoms with E-state index in [0.717, 1.165) is 28.1 Å². The number of imidazole rings is 1. The van der Waals surface area contributed by atoms with Crippen molar-refractivity contribution in [3.63, 3.8) is 0 Å². The number of aromatic nitrogens is 2. The Kier molecular flexibility index (Phi) is 5.23. The van der Waals surface area contributed by atoms with Gasteiger partial charge in [-0.25, -0.2) is 13.4 Å². The SMILES string of the molecule is Cc1ccc(N2CCN(S(=O)(=O)c3ccc4nc(-c5ccccc5)[nH]c4c3)CC2C)cc1. The number of aryl methyl sites for hydroxylation is 1. The Labute approximate surface area is 188 Å². The summed E-state index contributed by atoms with van der Waals surface area (Å²) in [7, 11) is -3.60. The average molecular weight is 447 g/mol. The summed E-state index contributed by atoms with van der Waals surface area (Å²) in [4.78, 5) is 10.4. The molecule has 1 aromatic heterocycles. The summed E-state index contributed by atoms with van der Waals surface area (Å²) in [6, 6.07) is 23.4. The Hall–Kier alpha value is -3.16. The Morgan fingerprint density at radius 2 is 1.72 bits per heavy atom. The molecule has 3 aromatic carbocycles. The van der Waals surface area contributed by atoms with Crippen LogP contribution in [0.2, 0.25) is 0 Å². The highest BCUT2D eigenvalue weighted by molar-refractivity contribution is 7.89. The van der Waals surface area contributed by atoms with Crippen molar-refractivity contribution in [3.05, 3.63) is 78.4 Å². The maximum atomic E-state index is 13.4. The Morgan fingerprint density at radius 3 is 2.44 bits per heavy atom. The molecule has 1 aliphatic heterocycles. The normalized spacial score (nSPS) is 17.7. The van der Waals surface area contributed by atoms with Crippen molar-refractivity contribution >= 4 is 26.7 Å². The van der Waals surface area contributed by atoms with Crippen LogP contribution in [-0.2, 0) is 10.0 Å². The zero-order valence-electron chi connectivity index (χ0n) is 18.2. The van der Waals surface area contributed by atoms with Gasteiger partial charge in [-0.05, 0) is 44.2 Å². The van der Waals surface area contributed by atoms with Crippen LogP contribution in [-0.4, -0.2) is 48.4 Å². The van der Waals surface area contributed by atoms with Crippen molar-refractivity contribution in [2.24, 2.45) is 0 Å². The molecule has 1 atom stereocenters. The summed E-state index contributed by atoms with van der Waals surface area (Å²) in [6.45, 7) is 5.71. The number of nitrogens with zero attached hydrogens (tertiary/aromatic N) is 3. The predicted molar refractivity (Wildman–Crippen MR) is 128 cm³/mol. The third kappa shape index (κ3) is 3.78. The second kappa shape index (κ2) is 8.07.